The van der Waals surface area contributed by atoms with Gasteiger partial charge in [-0.25, -0.2) is 0 Å². The van der Waals surface area contributed by atoms with Crippen molar-refractivity contribution in [1.29, 1.82) is 0 Å². The first-order valence-corrected chi connectivity index (χ1v) is 13.7. The molecule has 0 radical (unpaired) electrons. The second-order valence-corrected chi connectivity index (χ2v) is 11.6. The number of piperidine rings is 1. The van der Waals surface area contributed by atoms with Crippen molar-refractivity contribution in [3.8, 4) is 5.75 Å². The molecule has 1 spiro atoms. The minimum atomic E-state index is -0.370. The molecule has 3 aromatic rings. The molecule has 0 unspecified atom stereocenters. The van der Waals surface area contributed by atoms with Crippen molar-refractivity contribution in [3.63, 3.8) is 0 Å². The third kappa shape index (κ3) is 3.48. The molecule has 0 saturated carbocycles. The molecule has 1 amide bonds. The Morgan fingerprint density at radius 3 is 2.59 bits per heavy atom. The second-order valence-electron chi connectivity index (χ2n) is 11.6. The standard InChI is InChI=1S/C32H34N2O3/c35-26-12-11-25-19-28-32-15-14-30(37-32,22-33-29(36)24-9-5-2-6-10-24)21-31(32,27(25)20-26)16-18-34(28)17-13-23-7-3-1-4-8-23/h1-12,20,28,35H,13-19,21-22H2,(H,33,36)/t28-,30+,31-,32-/m1/s1. The first kappa shape index (κ1) is 23.0. The van der Waals surface area contributed by atoms with E-state index in [0.29, 0.717) is 23.9 Å². The van der Waals surface area contributed by atoms with Gasteiger partial charge in [0.2, 0.25) is 0 Å². The number of fused-ring (bicyclic) bond motifs is 2. The predicted molar refractivity (Wildman–Crippen MR) is 143 cm³/mol. The molecule has 0 aromatic heterocycles. The molecule has 3 aromatic carbocycles. The van der Waals surface area contributed by atoms with Crippen molar-refractivity contribution < 1.29 is 14.6 Å². The van der Waals surface area contributed by atoms with Crippen molar-refractivity contribution in [1.82, 2.24) is 10.2 Å². The van der Waals surface area contributed by atoms with E-state index in [1.807, 2.05) is 42.5 Å². The number of nitrogens with one attached hydrogen (secondary N) is 1. The van der Waals surface area contributed by atoms with Crippen LogP contribution >= 0.6 is 0 Å². The van der Waals surface area contributed by atoms with Gasteiger partial charge in [-0.1, -0.05) is 54.6 Å². The first-order chi connectivity index (χ1) is 18.0. The Labute approximate surface area is 218 Å². The van der Waals surface area contributed by atoms with Crippen LogP contribution in [0, 0.1) is 0 Å². The molecule has 5 nitrogen and oxygen atoms in total. The van der Waals surface area contributed by atoms with Crippen molar-refractivity contribution in [2.75, 3.05) is 19.6 Å². The van der Waals surface area contributed by atoms with Crippen LogP contribution in [0.5, 0.6) is 5.75 Å². The van der Waals surface area contributed by atoms with Crippen LogP contribution in [-0.4, -0.2) is 52.8 Å². The minimum Gasteiger partial charge on any atom is -0.508 e. The Hall–Kier alpha value is -3.15. The fraction of sp³-hybridized carbons (Fsp3) is 0.406. The maximum absolute atomic E-state index is 12.9. The first-order valence-electron chi connectivity index (χ1n) is 13.7. The van der Waals surface area contributed by atoms with Gasteiger partial charge in [0, 0.05) is 30.1 Å². The number of ether oxygens (including phenoxy) is 1. The summed E-state index contributed by atoms with van der Waals surface area (Å²) in [6.07, 6.45) is 5.84. The molecule has 37 heavy (non-hydrogen) atoms. The summed E-state index contributed by atoms with van der Waals surface area (Å²) in [5.41, 5.74) is 3.91. The number of carbonyl (C=O) groups excluding carboxylic acids is 1. The fourth-order valence-corrected chi connectivity index (χ4v) is 8.15. The van der Waals surface area contributed by atoms with E-state index in [2.05, 4.69) is 46.6 Å². The molecule has 3 saturated heterocycles. The largest absolute Gasteiger partial charge is 0.508 e. The van der Waals surface area contributed by atoms with Gasteiger partial charge in [0.15, 0.2) is 0 Å². The summed E-state index contributed by atoms with van der Waals surface area (Å²) < 4.78 is 7.24. The van der Waals surface area contributed by atoms with Gasteiger partial charge in [0.1, 0.15) is 5.75 Å². The summed E-state index contributed by atoms with van der Waals surface area (Å²) in [5.74, 6) is 0.292. The number of hydrogen-bond acceptors (Lipinski definition) is 4. The number of amides is 1. The van der Waals surface area contributed by atoms with E-state index >= 15 is 0 Å². The highest BCUT2D eigenvalue weighted by molar-refractivity contribution is 5.94. The van der Waals surface area contributed by atoms with E-state index in [4.69, 9.17) is 4.74 Å². The second kappa shape index (κ2) is 8.44. The zero-order chi connectivity index (χ0) is 25.1. The number of phenols is 1. The van der Waals surface area contributed by atoms with E-state index < -0.39 is 0 Å². The molecule has 3 heterocycles. The lowest BCUT2D eigenvalue weighted by Crippen LogP contribution is -2.69. The quantitative estimate of drug-likeness (QED) is 0.525. The average molecular weight is 495 g/mol. The SMILES string of the molecule is O=C(NC[C@@]12CC[C@@]3(O1)[C@H]1Cc4ccc(O)cc4[C@@]3(CCN1CCc1ccccc1)C2)c1ccccc1. The van der Waals surface area contributed by atoms with Gasteiger partial charge in [-0.2, -0.15) is 0 Å². The highest BCUT2D eigenvalue weighted by atomic mass is 16.5. The third-order valence-corrected chi connectivity index (χ3v) is 9.75. The van der Waals surface area contributed by atoms with E-state index in [1.54, 1.807) is 0 Å². The fourth-order valence-electron chi connectivity index (χ4n) is 8.15. The third-order valence-electron chi connectivity index (χ3n) is 9.75. The number of nitrogens with zero attached hydrogens (tertiary/aromatic N) is 1. The summed E-state index contributed by atoms with van der Waals surface area (Å²) in [5, 5.41) is 13.7. The summed E-state index contributed by atoms with van der Waals surface area (Å²) in [4.78, 5) is 15.6. The van der Waals surface area contributed by atoms with Crippen LogP contribution in [0.25, 0.3) is 0 Å². The van der Waals surface area contributed by atoms with Crippen molar-refractivity contribution in [3.05, 3.63) is 101 Å². The molecule has 7 rings (SSSR count). The maximum atomic E-state index is 12.9. The maximum Gasteiger partial charge on any atom is 0.251 e. The van der Waals surface area contributed by atoms with Crippen molar-refractivity contribution >= 4 is 5.91 Å². The van der Waals surface area contributed by atoms with Crippen LogP contribution in [0.15, 0.2) is 78.9 Å². The Balaban J connectivity index is 1.20. The van der Waals surface area contributed by atoms with Gasteiger partial charge >= 0.3 is 0 Å². The zero-order valence-corrected chi connectivity index (χ0v) is 21.2. The van der Waals surface area contributed by atoms with Gasteiger partial charge in [0.25, 0.3) is 5.91 Å². The molecule has 2 N–H and O–H groups in total. The Morgan fingerprint density at radius 1 is 1.00 bits per heavy atom. The number of likely N-dealkylation sites (tertiary alicyclic amines) is 1. The van der Waals surface area contributed by atoms with E-state index in [9.17, 15) is 9.90 Å². The van der Waals surface area contributed by atoms with Gasteiger partial charge in [-0.3, -0.25) is 9.69 Å². The number of benzene rings is 3. The monoisotopic (exact) mass is 494 g/mol. The lowest BCUT2D eigenvalue weighted by Gasteiger charge is -2.60. The highest BCUT2D eigenvalue weighted by Crippen LogP contribution is 2.69. The average Bonchev–Trinajstić information content (AvgIpc) is 3.46. The molecule has 3 aliphatic heterocycles. The van der Waals surface area contributed by atoms with Gasteiger partial charge in [-0.05, 0) is 86.0 Å². The summed E-state index contributed by atoms with van der Waals surface area (Å²) in [7, 11) is 0. The van der Waals surface area contributed by atoms with Crippen molar-refractivity contribution in [2.24, 2.45) is 0 Å². The molecule has 1 aliphatic carbocycles. The highest BCUT2D eigenvalue weighted by Gasteiger charge is 2.75. The molecule has 4 atom stereocenters. The van der Waals surface area contributed by atoms with Gasteiger partial charge < -0.3 is 15.2 Å². The topological polar surface area (TPSA) is 61.8 Å². The van der Waals surface area contributed by atoms with Crippen LogP contribution in [0.2, 0.25) is 0 Å². The van der Waals surface area contributed by atoms with E-state index in [0.717, 1.165) is 51.6 Å². The normalized spacial score (nSPS) is 31.5. The molecule has 4 aliphatic rings. The number of aromatic hydroxyl groups is 1. The van der Waals surface area contributed by atoms with Gasteiger partial charge in [-0.15, -0.1) is 0 Å². The molecule has 3 fully saturated rings. The zero-order valence-electron chi connectivity index (χ0n) is 21.2. The molecule has 4 bridgehead atoms. The number of rotatable bonds is 6. The van der Waals surface area contributed by atoms with Crippen LogP contribution in [0.1, 0.15) is 52.7 Å². The Kier molecular flexibility index (Phi) is 5.24. The predicted octanol–water partition coefficient (Wildman–Crippen LogP) is 4.62. The van der Waals surface area contributed by atoms with Crippen LogP contribution in [0.3, 0.4) is 0 Å². The number of hydrogen-bond donors (Lipinski definition) is 2. The Bertz CT molecular complexity index is 1330. The van der Waals surface area contributed by atoms with E-state index in [-0.39, 0.29) is 22.5 Å². The van der Waals surface area contributed by atoms with Gasteiger partial charge in [0.05, 0.1) is 11.2 Å². The van der Waals surface area contributed by atoms with Crippen LogP contribution < -0.4 is 5.32 Å². The minimum absolute atomic E-state index is 0.0441. The molecular weight excluding hydrogens is 460 g/mol. The lowest BCUT2D eigenvalue weighted by atomic mass is 9.50. The molecular formula is C32H34N2O3. The van der Waals surface area contributed by atoms with Crippen molar-refractivity contribution in [2.45, 2.75) is 61.2 Å². The molecule has 5 heteroatoms. The summed E-state index contributed by atoms with van der Waals surface area (Å²) in [6.45, 7) is 2.57. The number of phenolic OH excluding ortho intramolecular Hbond substituents is 1. The van der Waals surface area contributed by atoms with Crippen LogP contribution in [-0.2, 0) is 23.0 Å². The smallest absolute Gasteiger partial charge is 0.251 e. The van der Waals surface area contributed by atoms with E-state index in [1.165, 1.54) is 16.7 Å². The molecule has 190 valence electrons. The summed E-state index contributed by atoms with van der Waals surface area (Å²) in [6, 6.07) is 26.4. The number of carbonyl (C=O) groups is 1. The van der Waals surface area contributed by atoms with Crippen LogP contribution in [0.4, 0.5) is 0 Å². The summed E-state index contributed by atoms with van der Waals surface area (Å²) >= 11 is 0. The lowest BCUT2D eigenvalue weighted by molar-refractivity contribution is -0.138. The Morgan fingerprint density at radius 2 is 1.78 bits per heavy atom.